The van der Waals surface area contributed by atoms with Crippen LogP contribution in [0, 0.1) is 0 Å². The second-order valence-electron chi connectivity index (χ2n) is 4.16. The summed E-state index contributed by atoms with van der Waals surface area (Å²) in [5.41, 5.74) is 4.49. The van der Waals surface area contributed by atoms with Crippen molar-refractivity contribution in [2.24, 2.45) is 0 Å². The first-order valence-electron chi connectivity index (χ1n) is 5.51. The molecule has 0 aliphatic heterocycles. The lowest BCUT2D eigenvalue weighted by molar-refractivity contribution is 0.282. The van der Waals surface area contributed by atoms with Crippen LogP contribution in [0.1, 0.15) is 23.2 Å². The fourth-order valence-electron chi connectivity index (χ4n) is 2.53. The quantitative estimate of drug-likeness (QED) is 0.870. The lowest BCUT2D eigenvalue weighted by Crippen LogP contribution is -1.99. The van der Waals surface area contributed by atoms with Crippen LogP contribution < -0.4 is 0 Å². The smallest absolute Gasteiger partial charge is 0.0851 e. The molecular weight excluding hydrogens is 266 g/mol. The molecule has 1 N–H and O–H groups in total. The highest BCUT2D eigenvalue weighted by molar-refractivity contribution is 9.10. The van der Waals surface area contributed by atoms with Crippen LogP contribution in [0.3, 0.4) is 0 Å². The Morgan fingerprint density at radius 2 is 2.19 bits per heavy atom. The second kappa shape index (κ2) is 3.82. The molecule has 0 radical (unpaired) electrons. The minimum atomic E-state index is 0.109. The summed E-state index contributed by atoms with van der Waals surface area (Å²) >= 11 is 3.52. The van der Waals surface area contributed by atoms with E-state index in [-0.39, 0.29) is 6.61 Å². The summed E-state index contributed by atoms with van der Waals surface area (Å²) < 4.78 is 1.01. The molecule has 0 spiro atoms. The van der Waals surface area contributed by atoms with Crippen molar-refractivity contribution >= 4 is 26.8 Å². The molecule has 0 saturated heterocycles. The van der Waals surface area contributed by atoms with Crippen molar-refractivity contribution in [1.82, 2.24) is 4.98 Å². The number of para-hydroxylation sites is 1. The third-order valence-electron chi connectivity index (χ3n) is 3.27. The van der Waals surface area contributed by atoms with Gasteiger partial charge >= 0.3 is 0 Å². The second-order valence-corrected chi connectivity index (χ2v) is 5.02. The van der Waals surface area contributed by atoms with Crippen LogP contribution in [0.2, 0.25) is 0 Å². The van der Waals surface area contributed by atoms with Gasteiger partial charge < -0.3 is 5.11 Å². The largest absolute Gasteiger partial charge is 0.392 e. The molecule has 0 fully saturated rings. The Morgan fingerprint density at radius 1 is 1.31 bits per heavy atom. The van der Waals surface area contributed by atoms with E-state index < -0.39 is 0 Å². The zero-order valence-corrected chi connectivity index (χ0v) is 10.4. The normalized spacial score (nSPS) is 14.4. The SMILES string of the molecule is OCc1c2c(nc3c(Br)cccc13)CCC2. The molecule has 1 aromatic carbocycles. The van der Waals surface area contributed by atoms with Crippen molar-refractivity contribution in [3.63, 3.8) is 0 Å². The molecule has 16 heavy (non-hydrogen) atoms. The Balaban J connectivity index is 2.44. The summed E-state index contributed by atoms with van der Waals surface area (Å²) in [5.74, 6) is 0. The Morgan fingerprint density at radius 3 is 3.00 bits per heavy atom. The van der Waals surface area contributed by atoms with Gasteiger partial charge in [-0.2, -0.15) is 0 Å². The van der Waals surface area contributed by atoms with Crippen molar-refractivity contribution in [1.29, 1.82) is 0 Å². The average Bonchev–Trinajstić information content (AvgIpc) is 2.75. The number of aryl methyl sites for hydroxylation is 1. The van der Waals surface area contributed by atoms with Crippen molar-refractivity contribution in [2.75, 3.05) is 0 Å². The standard InChI is InChI=1S/C13H12BrNO/c14-11-5-1-4-9-10(7-16)8-3-2-6-12(8)15-13(9)11/h1,4-5,16H,2-3,6-7H2. The first-order chi connectivity index (χ1) is 7.81. The highest BCUT2D eigenvalue weighted by Crippen LogP contribution is 2.32. The Labute approximate surface area is 102 Å². The Hall–Kier alpha value is -0.930. The topological polar surface area (TPSA) is 33.1 Å². The van der Waals surface area contributed by atoms with Gasteiger partial charge in [0.25, 0.3) is 0 Å². The predicted molar refractivity (Wildman–Crippen MR) is 67.4 cm³/mol. The van der Waals surface area contributed by atoms with Gasteiger partial charge in [-0.3, -0.25) is 4.98 Å². The number of fused-ring (bicyclic) bond motifs is 2. The molecule has 1 heterocycles. The highest BCUT2D eigenvalue weighted by Gasteiger charge is 2.19. The van der Waals surface area contributed by atoms with Crippen molar-refractivity contribution in [3.05, 3.63) is 39.5 Å². The summed E-state index contributed by atoms with van der Waals surface area (Å²) in [6.07, 6.45) is 3.25. The van der Waals surface area contributed by atoms with E-state index in [9.17, 15) is 5.11 Å². The van der Waals surface area contributed by atoms with Gasteiger partial charge in [0.1, 0.15) is 0 Å². The fraction of sp³-hybridized carbons (Fsp3) is 0.308. The molecule has 2 aromatic rings. The summed E-state index contributed by atoms with van der Waals surface area (Å²) in [6, 6.07) is 6.03. The number of hydrogen-bond acceptors (Lipinski definition) is 2. The number of rotatable bonds is 1. The van der Waals surface area contributed by atoms with E-state index in [0.29, 0.717) is 0 Å². The Kier molecular flexibility index (Phi) is 2.45. The van der Waals surface area contributed by atoms with E-state index in [0.717, 1.165) is 40.2 Å². The molecule has 3 rings (SSSR count). The van der Waals surface area contributed by atoms with Crippen LogP contribution in [0.25, 0.3) is 10.9 Å². The van der Waals surface area contributed by atoms with Gasteiger partial charge in [0.15, 0.2) is 0 Å². The molecular formula is C13H12BrNO. The Bertz CT molecular complexity index is 565. The fourth-order valence-corrected chi connectivity index (χ4v) is 2.98. The third-order valence-corrected chi connectivity index (χ3v) is 3.91. The first kappa shape index (κ1) is 10.2. The summed E-state index contributed by atoms with van der Waals surface area (Å²) in [7, 11) is 0. The summed E-state index contributed by atoms with van der Waals surface area (Å²) in [4.78, 5) is 4.71. The van der Waals surface area contributed by atoms with E-state index in [2.05, 4.69) is 15.9 Å². The first-order valence-corrected chi connectivity index (χ1v) is 6.30. The molecule has 3 heteroatoms. The molecule has 0 atom stereocenters. The van der Waals surface area contributed by atoms with E-state index in [1.165, 1.54) is 11.3 Å². The van der Waals surface area contributed by atoms with Crippen LogP contribution in [-0.2, 0) is 19.4 Å². The predicted octanol–water partition coefficient (Wildman–Crippen LogP) is 2.98. The number of benzene rings is 1. The molecule has 1 aliphatic rings. The summed E-state index contributed by atoms with van der Waals surface area (Å²) in [5, 5.41) is 10.6. The van der Waals surface area contributed by atoms with Gasteiger partial charge in [-0.1, -0.05) is 12.1 Å². The van der Waals surface area contributed by atoms with E-state index in [1.807, 2.05) is 18.2 Å². The number of halogens is 1. The van der Waals surface area contributed by atoms with Crippen LogP contribution >= 0.6 is 15.9 Å². The monoisotopic (exact) mass is 277 g/mol. The van der Waals surface area contributed by atoms with Crippen molar-refractivity contribution < 1.29 is 5.11 Å². The van der Waals surface area contributed by atoms with E-state index in [1.54, 1.807) is 0 Å². The molecule has 1 aromatic heterocycles. The van der Waals surface area contributed by atoms with Crippen LogP contribution in [0.15, 0.2) is 22.7 Å². The highest BCUT2D eigenvalue weighted by atomic mass is 79.9. The zero-order chi connectivity index (χ0) is 11.1. The maximum Gasteiger partial charge on any atom is 0.0851 e. The number of hydrogen-bond donors (Lipinski definition) is 1. The maximum atomic E-state index is 9.55. The maximum absolute atomic E-state index is 9.55. The molecule has 82 valence electrons. The molecule has 0 unspecified atom stereocenters. The van der Waals surface area contributed by atoms with Gasteiger partial charge in [0.05, 0.1) is 12.1 Å². The molecule has 1 aliphatic carbocycles. The van der Waals surface area contributed by atoms with Gasteiger partial charge in [0.2, 0.25) is 0 Å². The van der Waals surface area contributed by atoms with Crippen LogP contribution in [-0.4, -0.2) is 10.1 Å². The van der Waals surface area contributed by atoms with Crippen LogP contribution in [0.4, 0.5) is 0 Å². The van der Waals surface area contributed by atoms with Gasteiger partial charge in [-0.05, 0) is 52.4 Å². The zero-order valence-electron chi connectivity index (χ0n) is 8.83. The lowest BCUT2D eigenvalue weighted by Gasteiger charge is -2.10. The minimum absolute atomic E-state index is 0.109. The molecule has 0 saturated carbocycles. The number of aliphatic hydroxyl groups excluding tert-OH is 1. The average molecular weight is 278 g/mol. The molecule has 2 nitrogen and oxygen atoms in total. The number of aliphatic hydroxyl groups is 1. The van der Waals surface area contributed by atoms with Gasteiger partial charge in [0, 0.05) is 15.6 Å². The number of nitrogens with zero attached hydrogens (tertiary/aromatic N) is 1. The number of aromatic nitrogens is 1. The van der Waals surface area contributed by atoms with E-state index in [4.69, 9.17) is 4.98 Å². The van der Waals surface area contributed by atoms with Gasteiger partial charge in [-0.15, -0.1) is 0 Å². The van der Waals surface area contributed by atoms with Gasteiger partial charge in [-0.25, -0.2) is 0 Å². The van der Waals surface area contributed by atoms with Crippen molar-refractivity contribution in [2.45, 2.75) is 25.9 Å². The molecule has 0 amide bonds. The molecule has 0 bridgehead atoms. The minimum Gasteiger partial charge on any atom is -0.392 e. The third kappa shape index (κ3) is 1.39. The lowest BCUT2D eigenvalue weighted by atomic mass is 10.0. The van der Waals surface area contributed by atoms with Crippen LogP contribution in [0.5, 0.6) is 0 Å². The van der Waals surface area contributed by atoms with E-state index >= 15 is 0 Å². The summed E-state index contributed by atoms with van der Waals surface area (Å²) in [6.45, 7) is 0.109. The van der Waals surface area contributed by atoms with Crippen molar-refractivity contribution in [3.8, 4) is 0 Å². The number of pyridine rings is 1.